The van der Waals surface area contributed by atoms with E-state index in [2.05, 4.69) is 11.4 Å². The average molecular weight is 339 g/mol. The minimum atomic E-state index is -0.251. The van der Waals surface area contributed by atoms with Gasteiger partial charge >= 0.3 is 6.03 Å². The number of aliphatic hydroxyl groups is 1. The van der Waals surface area contributed by atoms with Gasteiger partial charge in [0.25, 0.3) is 0 Å². The van der Waals surface area contributed by atoms with Gasteiger partial charge in [0.05, 0.1) is 12.2 Å². The maximum Gasteiger partial charge on any atom is 0.321 e. The largest absolute Gasteiger partial charge is 0.456 e. The Labute approximate surface area is 147 Å². The molecule has 130 valence electrons. The summed E-state index contributed by atoms with van der Waals surface area (Å²) in [7, 11) is 0. The Morgan fingerprint density at radius 3 is 2.56 bits per heavy atom. The number of carbonyl (C=O) groups is 1. The van der Waals surface area contributed by atoms with Crippen LogP contribution in [0.15, 0.2) is 48.5 Å². The number of nitrogens with zero attached hydrogens (tertiary/aromatic N) is 2. The molecule has 0 aliphatic rings. The Kier molecular flexibility index (Phi) is 6.81. The van der Waals surface area contributed by atoms with E-state index in [0.29, 0.717) is 35.8 Å². The number of rotatable bonds is 7. The van der Waals surface area contributed by atoms with Crippen molar-refractivity contribution in [2.45, 2.75) is 13.3 Å². The van der Waals surface area contributed by atoms with Gasteiger partial charge in [0.2, 0.25) is 0 Å². The Bertz CT molecular complexity index is 732. The number of aliphatic hydroxyl groups excluding tert-OH is 1. The van der Waals surface area contributed by atoms with E-state index in [9.17, 15) is 4.79 Å². The lowest BCUT2D eigenvalue weighted by molar-refractivity contribution is 0.188. The highest BCUT2D eigenvalue weighted by Crippen LogP contribution is 2.25. The van der Waals surface area contributed by atoms with E-state index in [1.165, 1.54) is 0 Å². The second-order valence-electron chi connectivity index (χ2n) is 5.38. The van der Waals surface area contributed by atoms with Gasteiger partial charge in [-0.15, -0.1) is 0 Å². The summed E-state index contributed by atoms with van der Waals surface area (Å²) in [4.78, 5) is 13.8. The van der Waals surface area contributed by atoms with Crippen molar-refractivity contribution in [1.29, 1.82) is 5.26 Å². The normalized spacial score (nSPS) is 9.96. The first kappa shape index (κ1) is 18.3. The molecule has 0 atom stereocenters. The Morgan fingerprint density at radius 1 is 1.20 bits per heavy atom. The van der Waals surface area contributed by atoms with E-state index in [0.717, 1.165) is 6.42 Å². The molecule has 0 bridgehead atoms. The van der Waals surface area contributed by atoms with E-state index >= 15 is 0 Å². The topological polar surface area (TPSA) is 85.6 Å². The molecule has 0 saturated carbocycles. The molecule has 2 aromatic carbocycles. The van der Waals surface area contributed by atoms with Crippen molar-refractivity contribution in [3.63, 3.8) is 0 Å². The van der Waals surface area contributed by atoms with E-state index in [1.807, 2.05) is 6.92 Å². The van der Waals surface area contributed by atoms with Crippen LogP contribution in [-0.4, -0.2) is 35.7 Å². The summed E-state index contributed by atoms with van der Waals surface area (Å²) >= 11 is 0. The lowest BCUT2D eigenvalue weighted by atomic mass is 10.2. The van der Waals surface area contributed by atoms with Gasteiger partial charge in [-0.1, -0.05) is 19.1 Å². The standard InChI is InChI=1S/C19H21N3O3/c1-2-11-22(12-13-23)19(24)21-16-7-9-17(10-8-16)25-18-6-4-3-5-15(18)14-20/h3-10,23H,2,11-13H2,1H3,(H,21,24). The second kappa shape index (κ2) is 9.30. The summed E-state index contributed by atoms with van der Waals surface area (Å²) in [5.74, 6) is 1.06. The number of benzene rings is 2. The van der Waals surface area contributed by atoms with E-state index in [1.54, 1.807) is 53.4 Å². The maximum absolute atomic E-state index is 12.2. The van der Waals surface area contributed by atoms with Crippen molar-refractivity contribution < 1.29 is 14.6 Å². The van der Waals surface area contributed by atoms with E-state index in [-0.39, 0.29) is 12.6 Å². The molecular weight excluding hydrogens is 318 g/mol. The van der Waals surface area contributed by atoms with E-state index in [4.69, 9.17) is 15.1 Å². The van der Waals surface area contributed by atoms with Crippen molar-refractivity contribution in [3.05, 3.63) is 54.1 Å². The molecule has 0 saturated heterocycles. The molecule has 2 N–H and O–H groups in total. The molecule has 0 heterocycles. The van der Waals surface area contributed by atoms with Gasteiger partial charge in [-0.3, -0.25) is 0 Å². The van der Waals surface area contributed by atoms with Crippen LogP contribution in [0, 0.1) is 11.3 Å². The monoisotopic (exact) mass is 339 g/mol. The van der Waals surface area contributed by atoms with Crippen LogP contribution in [0.2, 0.25) is 0 Å². The number of anilines is 1. The van der Waals surface area contributed by atoms with Crippen molar-refractivity contribution in [2.24, 2.45) is 0 Å². The lowest BCUT2D eigenvalue weighted by Gasteiger charge is -2.21. The smallest absolute Gasteiger partial charge is 0.321 e. The van der Waals surface area contributed by atoms with Gasteiger partial charge in [0, 0.05) is 18.8 Å². The zero-order valence-electron chi connectivity index (χ0n) is 14.1. The summed E-state index contributed by atoms with van der Waals surface area (Å²) < 4.78 is 5.71. The third kappa shape index (κ3) is 5.23. The number of amides is 2. The summed E-state index contributed by atoms with van der Waals surface area (Å²) in [6, 6.07) is 15.7. The van der Waals surface area contributed by atoms with Gasteiger partial charge in [-0.2, -0.15) is 5.26 Å². The summed E-state index contributed by atoms with van der Waals surface area (Å²) in [6.07, 6.45) is 0.818. The summed E-state index contributed by atoms with van der Waals surface area (Å²) in [6.45, 7) is 2.78. The van der Waals surface area contributed by atoms with Crippen LogP contribution in [-0.2, 0) is 0 Å². The highest BCUT2D eigenvalue weighted by molar-refractivity contribution is 5.89. The Morgan fingerprint density at radius 2 is 1.92 bits per heavy atom. The quantitative estimate of drug-likeness (QED) is 0.807. The molecule has 25 heavy (non-hydrogen) atoms. The summed E-state index contributed by atoms with van der Waals surface area (Å²) in [5.41, 5.74) is 1.09. The average Bonchev–Trinajstić information content (AvgIpc) is 2.63. The van der Waals surface area contributed by atoms with Crippen LogP contribution in [0.5, 0.6) is 11.5 Å². The molecule has 0 radical (unpaired) electrons. The molecule has 0 spiro atoms. The second-order valence-corrected chi connectivity index (χ2v) is 5.38. The van der Waals surface area contributed by atoms with Gasteiger partial charge in [-0.25, -0.2) is 4.79 Å². The number of nitrogens with one attached hydrogen (secondary N) is 1. The van der Waals surface area contributed by atoms with Gasteiger partial charge < -0.3 is 20.1 Å². The van der Waals surface area contributed by atoms with Crippen molar-refractivity contribution in [2.75, 3.05) is 25.0 Å². The minimum absolute atomic E-state index is 0.0709. The van der Waals surface area contributed by atoms with Crippen molar-refractivity contribution in [3.8, 4) is 17.6 Å². The first-order valence-electron chi connectivity index (χ1n) is 8.11. The number of nitriles is 1. The molecule has 0 fully saturated rings. The molecule has 6 heteroatoms. The highest BCUT2D eigenvalue weighted by Gasteiger charge is 2.12. The predicted molar refractivity (Wildman–Crippen MR) is 95.6 cm³/mol. The third-order valence-corrected chi connectivity index (χ3v) is 3.49. The minimum Gasteiger partial charge on any atom is -0.456 e. The van der Waals surface area contributed by atoms with Crippen LogP contribution in [0.1, 0.15) is 18.9 Å². The first-order chi connectivity index (χ1) is 12.2. The number of ether oxygens (including phenoxy) is 1. The van der Waals surface area contributed by atoms with E-state index < -0.39 is 0 Å². The number of para-hydroxylation sites is 1. The first-order valence-corrected chi connectivity index (χ1v) is 8.11. The fourth-order valence-corrected chi connectivity index (χ4v) is 2.29. The fraction of sp³-hybridized carbons (Fsp3) is 0.263. The SMILES string of the molecule is CCCN(CCO)C(=O)Nc1ccc(Oc2ccccc2C#N)cc1. The Balaban J connectivity index is 2.02. The zero-order valence-corrected chi connectivity index (χ0v) is 14.1. The molecule has 0 aliphatic heterocycles. The number of hydrogen-bond donors (Lipinski definition) is 2. The maximum atomic E-state index is 12.2. The lowest BCUT2D eigenvalue weighted by Crippen LogP contribution is -2.37. The molecular formula is C19H21N3O3. The number of hydrogen-bond acceptors (Lipinski definition) is 4. The van der Waals surface area contributed by atoms with Crippen LogP contribution < -0.4 is 10.1 Å². The van der Waals surface area contributed by atoms with Crippen LogP contribution in [0.25, 0.3) is 0 Å². The van der Waals surface area contributed by atoms with Gasteiger partial charge in [0.15, 0.2) is 0 Å². The Hall–Kier alpha value is -3.04. The third-order valence-electron chi connectivity index (χ3n) is 3.49. The molecule has 2 rings (SSSR count). The predicted octanol–water partition coefficient (Wildman–Crippen LogP) is 3.59. The number of carbonyl (C=O) groups excluding carboxylic acids is 1. The number of urea groups is 1. The van der Waals surface area contributed by atoms with Crippen LogP contribution >= 0.6 is 0 Å². The molecule has 0 aliphatic carbocycles. The molecule has 2 aromatic rings. The summed E-state index contributed by atoms with van der Waals surface area (Å²) in [5, 5.41) is 20.9. The molecule has 6 nitrogen and oxygen atoms in total. The van der Waals surface area contributed by atoms with Crippen molar-refractivity contribution in [1.82, 2.24) is 4.90 Å². The fourth-order valence-electron chi connectivity index (χ4n) is 2.29. The van der Waals surface area contributed by atoms with Gasteiger partial charge in [0.1, 0.15) is 17.6 Å². The van der Waals surface area contributed by atoms with Crippen molar-refractivity contribution >= 4 is 11.7 Å². The zero-order chi connectivity index (χ0) is 18.1. The molecule has 2 amide bonds. The molecule has 0 aromatic heterocycles. The van der Waals surface area contributed by atoms with Crippen LogP contribution in [0.3, 0.4) is 0 Å². The highest BCUT2D eigenvalue weighted by atomic mass is 16.5. The van der Waals surface area contributed by atoms with Gasteiger partial charge in [-0.05, 0) is 42.8 Å². The molecule has 0 unspecified atom stereocenters. The van der Waals surface area contributed by atoms with Crippen LogP contribution in [0.4, 0.5) is 10.5 Å².